The van der Waals surface area contributed by atoms with Crippen molar-refractivity contribution < 1.29 is 4.39 Å². The van der Waals surface area contributed by atoms with Crippen molar-refractivity contribution in [1.29, 1.82) is 0 Å². The van der Waals surface area contributed by atoms with Gasteiger partial charge in [0.05, 0.1) is 0 Å². The first-order valence-electron chi connectivity index (χ1n) is 7.15. The van der Waals surface area contributed by atoms with Crippen molar-refractivity contribution in [2.45, 2.75) is 46.2 Å². The van der Waals surface area contributed by atoms with E-state index in [-0.39, 0.29) is 11.9 Å². The van der Waals surface area contributed by atoms with Crippen molar-refractivity contribution in [2.75, 3.05) is 13.1 Å². The van der Waals surface area contributed by atoms with Crippen LogP contribution in [0.3, 0.4) is 0 Å². The van der Waals surface area contributed by atoms with Crippen molar-refractivity contribution in [2.24, 2.45) is 11.7 Å². The molecule has 19 heavy (non-hydrogen) atoms. The highest BCUT2D eigenvalue weighted by atomic mass is 19.1. The molecule has 2 N–H and O–H groups in total. The van der Waals surface area contributed by atoms with Crippen molar-refractivity contribution in [1.82, 2.24) is 4.90 Å². The summed E-state index contributed by atoms with van der Waals surface area (Å²) < 4.78 is 13.2. The summed E-state index contributed by atoms with van der Waals surface area (Å²) in [5.41, 5.74) is 7.03. The Balaban J connectivity index is 2.54. The van der Waals surface area contributed by atoms with Gasteiger partial charge in [0, 0.05) is 25.2 Å². The molecule has 1 unspecified atom stereocenters. The van der Waals surface area contributed by atoms with Gasteiger partial charge in [-0.2, -0.15) is 0 Å². The van der Waals surface area contributed by atoms with Gasteiger partial charge in [-0.25, -0.2) is 4.39 Å². The van der Waals surface area contributed by atoms with E-state index in [1.54, 1.807) is 6.07 Å². The Hall–Kier alpha value is -0.930. The number of nitrogens with zero attached hydrogens (tertiary/aromatic N) is 1. The largest absolute Gasteiger partial charge is 0.324 e. The average Bonchev–Trinajstić information content (AvgIpc) is 2.33. The Kier molecular flexibility index (Phi) is 6.46. The molecule has 2 nitrogen and oxygen atoms in total. The van der Waals surface area contributed by atoms with E-state index >= 15 is 0 Å². The smallest absolute Gasteiger partial charge is 0.123 e. The van der Waals surface area contributed by atoms with Gasteiger partial charge in [0.25, 0.3) is 0 Å². The lowest BCUT2D eigenvalue weighted by Gasteiger charge is -2.29. The summed E-state index contributed by atoms with van der Waals surface area (Å²) in [6.45, 7) is 10.9. The van der Waals surface area contributed by atoms with Crippen LogP contribution in [0.2, 0.25) is 0 Å². The van der Waals surface area contributed by atoms with E-state index in [4.69, 9.17) is 5.73 Å². The van der Waals surface area contributed by atoms with Crippen LogP contribution in [0.1, 0.15) is 45.7 Å². The zero-order valence-corrected chi connectivity index (χ0v) is 12.6. The highest BCUT2D eigenvalue weighted by Gasteiger charge is 2.14. The molecule has 0 bridgehead atoms. The van der Waals surface area contributed by atoms with E-state index in [2.05, 4.69) is 32.6 Å². The first-order valence-corrected chi connectivity index (χ1v) is 7.15. The fraction of sp³-hybridized carbons (Fsp3) is 0.625. The van der Waals surface area contributed by atoms with Gasteiger partial charge in [-0.15, -0.1) is 0 Å². The highest BCUT2D eigenvalue weighted by Crippen LogP contribution is 2.16. The zero-order valence-electron chi connectivity index (χ0n) is 12.6. The quantitative estimate of drug-likeness (QED) is 0.817. The van der Waals surface area contributed by atoms with Crippen LogP contribution in [0.5, 0.6) is 0 Å². The number of rotatable bonds is 7. The SMILES string of the molecule is CC(C)CN(CCC(N)c1cccc(F)c1)C(C)C. The molecule has 108 valence electrons. The Morgan fingerprint density at radius 3 is 2.42 bits per heavy atom. The molecular weight excluding hydrogens is 239 g/mol. The minimum atomic E-state index is -0.212. The van der Waals surface area contributed by atoms with Crippen molar-refractivity contribution in [3.63, 3.8) is 0 Å². The lowest BCUT2D eigenvalue weighted by molar-refractivity contribution is 0.191. The van der Waals surface area contributed by atoms with Gasteiger partial charge in [-0.3, -0.25) is 0 Å². The lowest BCUT2D eigenvalue weighted by atomic mass is 10.0. The number of hydrogen-bond acceptors (Lipinski definition) is 2. The fourth-order valence-electron chi connectivity index (χ4n) is 2.24. The predicted octanol–water partition coefficient (Wildman–Crippen LogP) is 3.58. The molecular formula is C16H27FN2. The van der Waals surface area contributed by atoms with Crippen LogP contribution in [-0.2, 0) is 0 Å². The number of nitrogens with two attached hydrogens (primary N) is 1. The summed E-state index contributed by atoms with van der Waals surface area (Å²) in [6.07, 6.45) is 0.856. The lowest BCUT2D eigenvalue weighted by Crippen LogP contribution is -2.36. The van der Waals surface area contributed by atoms with Crippen molar-refractivity contribution >= 4 is 0 Å². The Bertz CT molecular complexity index is 377. The molecule has 0 saturated heterocycles. The van der Waals surface area contributed by atoms with Crippen molar-refractivity contribution in [3.8, 4) is 0 Å². The number of benzene rings is 1. The number of halogens is 1. The van der Waals surface area contributed by atoms with E-state index in [1.165, 1.54) is 12.1 Å². The van der Waals surface area contributed by atoms with Gasteiger partial charge in [0.2, 0.25) is 0 Å². The maximum absolute atomic E-state index is 13.2. The Labute approximate surface area is 116 Å². The summed E-state index contributed by atoms with van der Waals surface area (Å²) >= 11 is 0. The van der Waals surface area contributed by atoms with Crippen LogP contribution in [-0.4, -0.2) is 24.0 Å². The maximum Gasteiger partial charge on any atom is 0.123 e. The highest BCUT2D eigenvalue weighted by molar-refractivity contribution is 5.19. The second kappa shape index (κ2) is 7.61. The Morgan fingerprint density at radius 1 is 1.21 bits per heavy atom. The Morgan fingerprint density at radius 2 is 1.89 bits per heavy atom. The minimum absolute atomic E-state index is 0.0934. The molecule has 3 heteroatoms. The molecule has 1 atom stereocenters. The molecule has 0 radical (unpaired) electrons. The molecule has 0 fully saturated rings. The van der Waals surface area contributed by atoms with Crippen LogP contribution < -0.4 is 5.73 Å². The van der Waals surface area contributed by atoms with Gasteiger partial charge < -0.3 is 10.6 Å². The van der Waals surface area contributed by atoms with Crippen LogP contribution in [0.4, 0.5) is 4.39 Å². The molecule has 0 spiro atoms. The molecule has 0 aromatic heterocycles. The average molecular weight is 266 g/mol. The summed E-state index contributed by atoms with van der Waals surface area (Å²) in [4.78, 5) is 2.43. The number of hydrogen-bond donors (Lipinski definition) is 1. The standard InChI is InChI=1S/C16H27FN2/c1-12(2)11-19(13(3)4)9-8-16(18)14-6-5-7-15(17)10-14/h5-7,10,12-13,16H,8-9,11,18H2,1-4H3. The molecule has 0 heterocycles. The van der Waals surface area contributed by atoms with E-state index in [1.807, 2.05) is 6.07 Å². The van der Waals surface area contributed by atoms with Crippen LogP contribution in [0.15, 0.2) is 24.3 Å². The van der Waals surface area contributed by atoms with Gasteiger partial charge >= 0.3 is 0 Å². The first kappa shape index (κ1) is 16.1. The first-order chi connectivity index (χ1) is 8.90. The third-order valence-corrected chi connectivity index (χ3v) is 3.33. The second-order valence-electron chi connectivity index (χ2n) is 5.93. The van der Waals surface area contributed by atoms with E-state index in [0.29, 0.717) is 12.0 Å². The topological polar surface area (TPSA) is 29.3 Å². The molecule has 1 aromatic carbocycles. The van der Waals surface area contributed by atoms with E-state index in [0.717, 1.165) is 25.1 Å². The van der Waals surface area contributed by atoms with Gasteiger partial charge in [-0.05, 0) is 43.9 Å². The van der Waals surface area contributed by atoms with Gasteiger partial charge in [0.15, 0.2) is 0 Å². The van der Waals surface area contributed by atoms with Gasteiger partial charge in [0.1, 0.15) is 5.82 Å². The summed E-state index contributed by atoms with van der Waals surface area (Å²) in [7, 11) is 0. The second-order valence-corrected chi connectivity index (χ2v) is 5.93. The molecule has 0 aliphatic carbocycles. The molecule has 0 saturated carbocycles. The zero-order chi connectivity index (χ0) is 14.4. The summed E-state index contributed by atoms with van der Waals surface area (Å²) in [6, 6.07) is 7.03. The minimum Gasteiger partial charge on any atom is -0.324 e. The maximum atomic E-state index is 13.2. The molecule has 1 rings (SSSR count). The third-order valence-electron chi connectivity index (χ3n) is 3.33. The van der Waals surface area contributed by atoms with E-state index < -0.39 is 0 Å². The molecule has 0 amide bonds. The molecule has 0 aliphatic rings. The van der Waals surface area contributed by atoms with Crippen molar-refractivity contribution in [3.05, 3.63) is 35.6 Å². The van der Waals surface area contributed by atoms with Crippen LogP contribution >= 0.6 is 0 Å². The predicted molar refractivity (Wildman–Crippen MR) is 79.5 cm³/mol. The fourth-order valence-corrected chi connectivity index (χ4v) is 2.24. The van der Waals surface area contributed by atoms with Crippen LogP contribution in [0, 0.1) is 11.7 Å². The summed E-state index contributed by atoms with van der Waals surface area (Å²) in [5, 5.41) is 0. The monoisotopic (exact) mass is 266 g/mol. The van der Waals surface area contributed by atoms with Crippen LogP contribution in [0.25, 0.3) is 0 Å². The normalized spacial score (nSPS) is 13.5. The third kappa shape index (κ3) is 5.70. The molecule has 1 aromatic rings. The summed E-state index contributed by atoms with van der Waals surface area (Å²) in [5.74, 6) is 0.434. The van der Waals surface area contributed by atoms with E-state index in [9.17, 15) is 4.39 Å². The molecule has 0 aliphatic heterocycles. The van der Waals surface area contributed by atoms with Gasteiger partial charge in [-0.1, -0.05) is 26.0 Å².